The normalized spacial score (nSPS) is 34.2. The molecule has 1 aromatic rings. The largest absolute Gasteiger partial charge is 0.394 e. The van der Waals surface area contributed by atoms with Crippen LogP contribution in [0.2, 0.25) is 0 Å². The van der Waals surface area contributed by atoms with Crippen molar-refractivity contribution in [2.45, 2.75) is 24.4 Å². The SMILES string of the molecule is O=c1ncc(C2OC(CO)C(O)C2O)c[nH]1. The summed E-state index contributed by atoms with van der Waals surface area (Å²) in [5.74, 6) is 0. The Morgan fingerprint density at radius 1 is 1.44 bits per heavy atom. The smallest absolute Gasteiger partial charge is 0.344 e. The van der Waals surface area contributed by atoms with E-state index in [1.165, 1.54) is 12.4 Å². The number of aromatic amines is 1. The van der Waals surface area contributed by atoms with E-state index in [2.05, 4.69) is 9.97 Å². The summed E-state index contributed by atoms with van der Waals surface area (Å²) in [5, 5.41) is 28.1. The molecule has 0 aromatic carbocycles. The summed E-state index contributed by atoms with van der Waals surface area (Å²) < 4.78 is 5.25. The lowest BCUT2D eigenvalue weighted by molar-refractivity contribution is -0.0229. The molecular weight excluding hydrogens is 216 g/mol. The van der Waals surface area contributed by atoms with E-state index in [1.807, 2.05) is 0 Å². The molecule has 0 bridgehead atoms. The van der Waals surface area contributed by atoms with Crippen molar-refractivity contribution in [3.63, 3.8) is 0 Å². The zero-order valence-electron chi connectivity index (χ0n) is 8.28. The molecule has 1 fully saturated rings. The quantitative estimate of drug-likeness (QED) is 0.462. The van der Waals surface area contributed by atoms with Gasteiger partial charge < -0.3 is 25.0 Å². The number of aliphatic hydroxyl groups excluding tert-OH is 3. The van der Waals surface area contributed by atoms with Crippen LogP contribution in [0.4, 0.5) is 0 Å². The Morgan fingerprint density at radius 2 is 2.19 bits per heavy atom. The summed E-state index contributed by atoms with van der Waals surface area (Å²) in [5.41, 5.74) is -0.0578. The van der Waals surface area contributed by atoms with Gasteiger partial charge in [0.15, 0.2) is 0 Å². The van der Waals surface area contributed by atoms with Crippen LogP contribution >= 0.6 is 0 Å². The van der Waals surface area contributed by atoms with E-state index < -0.39 is 30.1 Å². The fraction of sp³-hybridized carbons (Fsp3) is 0.556. The lowest BCUT2D eigenvalue weighted by Gasteiger charge is -2.13. The van der Waals surface area contributed by atoms with Crippen molar-refractivity contribution in [3.05, 3.63) is 28.4 Å². The lowest BCUT2D eigenvalue weighted by atomic mass is 10.0. The van der Waals surface area contributed by atoms with E-state index in [4.69, 9.17) is 9.84 Å². The van der Waals surface area contributed by atoms with Crippen molar-refractivity contribution >= 4 is 0 Å². The molecule has 1 aliphatic heterocycles. The second-order valence-corrected chi connectivity index (χ2v) is 3.61. The van der Waals surface area contributed by atoms with Crippen LogP contribution in [-0.2, 0) is 4.74 Å². The average molecular weight is 228 g/mol. The molecule has 7 heteroatoms. The molecule has 7 nitrogen and oxygen atoms in total. The maximum atomic E-state index is 10.7. The lowest BCUT2D eigenvalue weighted by Crippen LogP contribution is -2.32. The molecule has 16 heavy (non-hydrogen) atoms. The Balaban J connectivity index is 2.22. The van der Waals surface area contributed by atoms with Gasteiger partial charge in [0.05, 0.1) is 6.61 Å². The first kappa shape index (κ1) is 11.2. The van der Waals surface area contributed by atoms with Gasteiger partial charge in [-0.05, 0) is 0 Å². The van der Waals surface area contributed by atoms with E-state index in [-0.39, 0.29) is 6.61 Å². The van der Waals surface area contributed by atoms with Gasteiger partial charge >= 0.3 is 5.69 Å². The molecule has 0 aliphatic carbocycles. The number of nitrogens with zero attached hydrogens (tertiary/aromatic N) is 1. The number of rotatable bonds is 2. The molecular formula is C9H12N2O5. The standard InChI is InChI=1S/C9H12N2O5/c12-3-5-6(13)7(14)8(16-5)4-1-10-9(15)11-2-4/h1-2,5-8,12-14H,3H2,(H,10,11,15). The molecule has 0 spiro atoms. The van der Waals surface area contributed by atoms with Crippen LogP contribution in [0, 0.1) is 0 Å². The predicted octanol–water partition coefficient (Wildman–Crippen LogP) is -2.08. The number of hydrogen-bond acceptors (Lipinski definition) is 6. The fourth-order valence-corrected chi connectivity index (χ4v) is 1.68. The van der Waals surface area contributed by atoms with Gasteiger partial charge in [0, 0.05) is 18.0 Å². The molecule has 88 valence electrons. The minimum Gasteiger partial charge on any atom is -0.394 e. The first-order chi connectivity index (χ1) is 7.63. The molecule has 4 unspecified atom stereocenters. The van der Waals surface area contributed by atoms with E-state index in [1.54, 1.807) is 0 Å². The monoisotopic (exact) mass is 228 g/mol. The fourth-order valence-electron chi connectivity index (χ4n) is 1.68. The Kier molecular flexibility index (Phi) is 3.01. The Hall–Kier alpha value is -1.28. The van der Waals surface area contributed by atoms with Crippen molar-refractivity contribution in [3.8, 4) is 0 Å². The Bertz CT molecular complexity index is 400. The highest BCUT2D eigenvalue weighted by Gasteiger charge is 2.43. The first-order valence-electron chi connectivity index (χ1n) is 4.80. The molecule has 0 amide bonds. The Morgan fingerprint density at radius 3 is 2.69 bits per heavy atom. The van der Waals surface area contributed by atoms with Crippen molar-refractivity contribution in [1.29, 1.82) is 0 Å². The zero-order chi connectivity index (χ0) is 11.7. The van der Waals surface area contributed by atoms with Gasteiger partial charge in [0.25, 0.3) is 0 Å². The number of nitrogens with one attached hydrogen (secondary N) is 1. The van der Waals surface area contributed by atoms with Crippen molar-refractivity contribution in [1.82, 2.24) is 9.97 Å². The summed E-state index contributed by atoms with van der Waals surface area (Å²) in [6.45, 7) is -0.383. The highest BCUT2D eigenvalue weighted by atomic mass is 16.6. The number of hydrogen-bond donors (Lipinski definition) is 4. The number of H-pyrrole nitrogens is 1. The zero-order valence-corrected chi connectivity index (χ0v) is 8.28. The summed E-state index contributed by atoms with van der Waals surface area (Å²) in [4.78, 5) is 16.6. The number of ether oxygens (including phenoxy) is 1. The third-order valence-corrected chi connectivity index (χ3v) is 2.56. The first-order valence-corrected chi connectivity index (χ1v) is 4.80. The third-order valence-electron chi connectivity index (χ3n) is 2.56. The van der Waals surface area contributed by atoms with Gasteiger partial charge in [0.2, 0.25) is 0 Å². The Labute approximate surface area is 90.3 Å². The van der Waals surface area contributed by atoms with Crippen LogP contribution in [-0.4, -0.2) is 50.2 Å². The van der Waals surface area contributed by atoms with E-state index in [0.717, 1.165) is 0 Å². The maximum Gasteiger partial charge on any atom is 0.344 e. The second kappa shape index (κ2) is 4.30. The van der Waals surface area contributed by atoms with E-state index >= 15 is 0 Å². The van der Waals surface area contributed by atoms with Gasteiger partial charge in [-0.3, -0.25) is 0 Å². The summed E-state index contributed by atoms with van der Waals surface area (Å²) in [6, 6.07) is 0. The molecule has 1 aliphatic rings. The van der Waals surface area contributed by atoms with Gasteiger partial charge in [-0.2, -0.15) is 0 Å². The van der Waals surface area contributed by atoms with Crippen LogP contribution in [0.3, 0.4) is 0 Å². The molecule has 0 saturated carbocycles. The number of aromatic nitrogens is 2. The van der Waals surface area contributed by atoms with Crippen LogP contribution in [0.25, 0.3) is 0 Å². The molecule has 2 heterocycles. The molecule has 4 atom stereocenters. The van der Waals surface area contributed by atoms with Crippen molar-refractivity contribution < 1.29 is 20.1 Å². The molecule has 2 rings (SSSR count). The van der Waals surface area contributed by atoms with Crippen LogP contribution < -0.4 is 5.69 Å². The molecule has 4 N–H and O–H groups in total. The van der Waals surface area contributed by atoms with Gasteiger partial charge in [-0.1, -0.05) is 0 Å². The van der Waals surface area contributed by atoms with Gasteiger partial charge in [-0.15, -0.1) is 0 Å². The molecule has 0 radical (unpaired) electrons. The van der Waals surface area contributed by atoms with Crippen LogP contribution in [0.1, 0.15) is 11.7 Å². The van der Waals surface area contributed by atoms with Crippen LogP contribution in [0.5, 0.6) is 0 Å². The van der Waals surface area contributed by atoms with Crippen LogP contribution in [0.15, 0.2) is 17.2 Å². The molecule has 1 saturated heterocycles. The summed E-state index contributed by atoms with van der Waals surface area (Å²) >= 11 is 0. The minimum atomic E-state index is -1.15. The summed E-state index contributed by atoms with van der Waals surface area (Å²) in [7, 11) is 0. The average Bonchev–Trinajstić information content (AvgIpc) is 2.57. The van der Waals surface area contributed by atoms with Gasteiger partial charge in [0.1, 0.15) is 24.4 Å². The molecule has 1 aromatic heterocycles. The topological polar surface area (TPSA) is 116 Å². The maximum absolute atomic E-state index is 10.7. The number of aliphatic hydroxyl groups is 3. The highest BCUT2D eigenvalue weighted by Crippen LogP contribution is 2.32. The minimum absolute atomic E-state index is 0.383. The van der Waals surface area contributed by atoms with E-state index in [0.29, 0.717) is 5.56 Å². The predicted molar refractivity (Wildman–Crippen MR) is 51.6 cm³/mol. The van der Waals surface area contributed by atoms with Crippen molar-refractivity contribution in [2.75, 3.05) is 6.61 Å². The van der Waals surface area contributed by atoms with E-state index in [9.17, 15) is 15.0 Å². The summed E-state index contributed by atoms with van der Waals surface area (Å²) in [6.07, 6.45) is -1.30. The third kappa shape index (κ3) is 1.85. The van der Waals surface area contributed by atoms with Gasteiger partial charge in [-0.25, -0.2) is 9.78 Å². The highest BCUT2D eigenvalue weighted by molar-refractivity contribution is 5.12. The second-order valence-electron chi connectivity index (χ2n) is 3.61. The van der Waals surface area contributed by atoms with Crippen molar-refractivity contribution in [2.24, 2.45) is 0 Å².